The molecule has 8 nitrogen and oxygen atoms in total. The number of imidazole rings is 1. The summed E-state index contributed by atoms with van der Waals surface area (Å²) in [7, 11) is 1.47. The number of aliphatic hydroxyl groups excluding tert-OH is 1. The molecular weight excluding hydrogens is 458 g/mol. The van der Waals surface area contributed by atoms with E-state index in [1.165, 1.54) is 30.4 Å². The van der Waals surface area contributed by atoms with Gasteiger partial charge in [0.05, 0.1) is 35.0 Å². The number of carbonyl (C=O) groups is 2. The molecule has 1 aliphatic rings. The second-order valence-electron chi connectivity index (χ2n) is 8.04. The highest BCUT2D eigenvalue weighted by Crippen LogP contribution is 2.43. The molecule has 2 aromatic heterocycles. The zero-order chi connectivity index (χ0) is 24.1. The van der Waals surface area contributed by atoms with Crippen LogP contribution in [-0.2, 0) is 9.59 Å². The number of halogens is 1. The van der Waals surface area contributed by atoms with Crippen molar-refractivity contribution in [2.75, 3.05) is 12.0 Å². The van der Waals surface area contributed by atoms with E-state index in [0.29, 0.717) is 16.8 Å². The summed E-state index contributed by atoms with van der Waals surface area (Å²) in [5.41, 5.74) is 3.46. The Hall–Kier alpha value is -4.04. The minimum Gasteiger partial charge on any atom is -0.507 e. The molecule has 0 saturated carbocycles. The molecule has 4 aromatic rings. The molecule has 172 valence electrons. The van der Waals surface area contributed by atoms with E-state index in [2.05, 4.69) is 9.97 Å². The highest BCUT2D eigenvalue weighted by Gasteiger charge is 2.49. The fraction of sp³-hybridized carbons (Fsp3) is 0.160. The molecule has 0 aliphatic carbocycles. The number of rotatable bonds is 4. The molecule has 1 aliphatic heterocycles. The maximum atomic E-state index is 13.2. The smallest absolute Gasteiger partial charge is 0.302 e. The lowest BCUT2D eigenvalue weighted by Gasteiger charge is -2.20. The average molecular weight is 478 g/mol. The number of aryl methyl sites for hydroxylation is 2. The van der Waals surface area contributed by atoms with Crippen molar-refractivity contribution < 1.29 is 23.8 Å². The molecule has 5 rings (SSSR count). The Morgan fingerprint density at radius 1 is 1.18 bits per heavy atom. The fourth-order valence-electron chi connectivity index (χ4n) is 4.10. The van der Waals surface area contributed by atoms with Crippen molar-refractivity contribution >= 4 is 46.0 Å². The lowest BCUT2D eigenvalue weighted by molar-refractivity contribution is -0.132. The molecule has 0 bridgehead atoms. The van der Waals surface area contributed by atoms with E-state index < -0.39 is 23.5 Å². The Balaban J connectivity index is 1.73. The number of ketones is 1. The molecule has 1 amide bonds. The number of aliphatic hydroxyl groups is 1. The summed E-state index contributed by atoms with van der Waals surface area (Å²) in [5, 5.41) is 11.4. The Kier molecular flexibility index (Phi) is 5.17. The van der Waals surface area contributed by atoms with Crippen LogP contribution in [0.15, 0.2) is 58.7 Å². The maximum absolute atomic E-state index is 13.2. The standard InChI is InChI=1S/C25H20ClN3O5/c1-12-9-17-18(10-13(12)2)28-25(27-17)29-21(19-5-4-8-34-19)20(23(31)24(29)32)22(30)15-11-14(33-3)6-7-16(15)26/h4-11,21,30H,1-3H3,(H,27,28)/b22-20+. The highest BCUT2D eigenvalue weighted by atomic mass is 35.5. The van der Waals surface area contributed by atoms with Crippen LogP contribution in [0.5, 0.6) is 5.75 Å². The van der Waals surface area contributed by atoms with Crippen molar-refractivity contribution in [2.45, 2.75) is 19.9 Å². The second-order valence-corrected chi connectivity index (χ2v) is 8.45. The number of carbonyl (C=O) groups excluding carboxylic acids is 2. The zero-order valence-electron chi connectivity index (χ0n) is 18.5. The largest absolute Gasteiger partial charge is 0.507 e. The first-order chi connectivity index (χ1) is 16.3. The number of fused-ring (bicyclic) bond motifs is 1. The maximum Gasteiger partial charge on any atom is 0.302 e. The summed E-state index contributed by atoms with van der Waals surface area (Å²) < 4.78 is 10.8. The van der Waals surface area contributed by atoms with Crippen LogP contribution in [0.4, 0.5) is 5.95 Å². The van der Waals surface area contributed by atoms with Gasteiger partial charge in [-0.2, -0.15) is 0 Å². The summed E-state index contributed by atoms with van der Waals surface area (Å²) in [6.07, 6.45) is 1.43. The van der Waals surface area contributed by atoms with Crippen molar-refractivity contribution in [1.29, 1.82) is 0 Å². The van der Waals surface area contributed by atoms with Crippen LogP contribution in [-0.4, -0.2) is 33.9 Å². The van der Waals surface area contributed by atoms with E-state index in [1.807, 2.05) is 26.0 Å². The average Bonchev–Trinajstić information content (AvgIpc) is 3.53. The molecule has 1 atom stereocenters. The van der Waals surface area contributed by atoms with E-state index in [9.17, 15) is 14.7 Å². The molecule has 0 radical (unpaired) electrons. The Labute approximate surface area is 199 Å². The van der Waals surface area contributed by atoms with Crippen LogP contribution >= 0.6 is 11.6 Å². The third-order valence-electron chi connectivity index (χ3n) is 6.00. The Bertz CT molecular complexity index is 1450. The number of Topliss-reactive ketones (excluding diaryl/α,β-unsaturated/α-hetero) is 1. The monoisotopic (exact) mass is 477 g/mol. The summed E-state index contributed by atoms with van der Waals surface area (Å²) in [5.74, 6) is -1.29. The molecule has 34 heavy (non-hydrogen) atoms. The van der Waals surface area contributed by atoms with Crippen LogP contribution in [0.3, 0.4) is 0 Å². The van der Waals surface area contributed by atoms with Gasteiger partial charge in [0.2, 0.25) is 5.95 Å². The molecule has 2 aromatic carbocycles. The highest BCUT2D eigenvalue weighted by molar-refractivity contribution is 6.51. The topological polar surface area (TPSA) is 109 Å². The number of H-pyrrole nitrogens is 1. The SMILES string of the molecule is COc1ccc(Cl)c(/C(O)=C2\C(=O)C(=O)N(c3nc4cc(C)c(C)cc4[nH]3)C2c2ccco2)c1. The van der Waals surface area contributed by atoms with Crippen molar-refractivity contribution in [3.05, 3.63) is 81.8 Å². The molecular formula is C25H20ClN3O5. The normalized spacial score (nSPS) is 17.6. The molecule has 2 N–H and O–H groups in total. The van der Waals surface area contributed by atoms with Crippen LogP contribution in [0.1, 0.15) is 28.5 Å². The van der Waals surface area contributed by atoms with Gasteiger partial charge in [0.15, 0.2) is 0 Å². The Morgan fingerprint density at radius 2 is 1.94 bits per heavy atom. The number of furan rings is 1. The van der Waals surface area contributed by atoms with Crippen LogP contribution < -0.4 is 9.64 Å². The van der Waals surface area contributed by atoms with Gasteiger partial charge in [-0.25, -0.2) is 4.98 Å². The number of methoxy groups -OCH3 is 1. The summed E-state index contributed by atoms with van der Waals surface area (Å²) in [6, 6.07) is 10.7. The van der Waals surface area contributed by atoms with Gasteiger partial charge in [-0.1, -0.05) is 11.6 Å². The van der Waals surface area contributed by atoms with Gasteiger partial charge >= 0.3 is 5.91 Å². The van der Waals surface area contributed by atoms with Crippen LogP contribution in [0.25, 0.3) is 16.8 Å². The number of nitrogens with zero attached hydrogens (tertiary/aromatic N) is 2. The zero-order valence-corrected chi connectivity index (χ0v) is 19.3. The summed E-state index contributed by atoms with van der Waals surface area (Å²) >= 11 is 6.32. The minimum absolute atomic E-state index is 0.159. The third-order valence-corrected chi connectivity index (χ3v) is 6.33. The van der Waals surface area contributed by atoms with E-state index in [1.54, 1.807) is 18.2 Å². The van der Waals surface area contributed by atoms with Crippen LogP contribution in [0.2, 0.25) is 5.02 Å². The predicted octanol–water partition coefficient (Wildman–Crippen LogP) is 5.06. The van der Waals surface area contributed by atoms with Crippen molar-refractivity contribution in [1.82, 2.24) is 9.97 Å². The van der Waals surface area contributed by atoms with Crippen LogP contribution in [0, 0.1) is 13.8 Å². The molecule has 9 heteroatoms. The van der Waals surface area contributed by atoms with Crippen molar-refractivity contribution in [3.8, 4) is 5.75 Å². The number of aromatic amines is 1. The number of amides is 1. The lowest BCUT2D eigenvalue weighted by Crippen LogP contribution is -2.30. The van der Waals surface area contributed by atoms with E-state index in [-0.39, 0.29) is 27.9 Å². The van der Waals surface area contributed by atoms with Gasteiger partial charge in [0.1, 0.15) is 23.3 Å². The molecule has 1 unspecified atom stereocenters. The number of anilines is 1. The molecule has 0 spiro atoms. The molecule has 1 saturated heterocycles. The minimum atomic E-state index is -1.06. The molecule has 1 fully saturated rings. The van der Waals surface area contributed by atoms with Gasteiger partial charge in [0, 0.05) is 5.56 Å². The summed E-state index contributed by atoms with van der Waals surface area (Å²) in [6.45, 7) is 3.94. The van der Waals surface area contributed by atoms with Gasteiger partial charge in [-0.15, -0.1) is 0 Å². The van der Waals surface area contributed by atoms with Gasteiger partial charge < -0.3 is 19.2 Å². The van der Waals surface area contributed by atoms with Crippen molar-refractivity contribution in [3.63, 3.8) is 0 Å². The second kappa shape index (κ2) is 8.07. The van der Waals surface area contributed by atoms with E-state index in [4.69, 9.17) is 20.8 Å². The number of nitrogens with one attached hydrogen (secondary N) is 1. The molecule has 3 heterocycles. The van der Waals surface area contributed by atoms with Crippen molar-refractivity contribution in [2.24, 2.45) is 0 Å². The fourth-order valence-corrected chi connectivity index (χ4v) is 4.30. The van der Waals surface area contributed by atoms with Gasteiger partial charge in [-0.3, -0.25) is 14.5 Å². The lowest BCUT2D eigenvalue weighted by atomic mass is 9.99. The number of benzene rings is 2. The van der Waals surface area contributed by atoms with Gasteiger partial charge in [0.25, 0.3) is 5.78 Å². The first-order valence-corrected chi connectivity index (χ1v) is 10.8. The Morgan fingerprint density at radius 3 is 2.65 bits per heavy atom. The number of aromatic nitrogens is 2. The first kappa shape index (κ1) is 21.8. The summed E-state index contributed by atoms with van der Waals surface area (Å²) in [4.78, 5) is 35.4. The third kappa shape index (κ3) is 3.34. The predicted molar refractivity (Wildman–Crippen MR) is 127 cm³/mol. The first-order valence-electron chi connectivity index (χ1n) is 10.5. The number of ether oxygens (including phenoxy) is 1. The number of hydrogen-bond donors (Lipinski definition) is 2. The van der Waals surface area contributed by atoms with Gasteiger partial charge in [-0.05, 0) is 67.4 Å². The van der Waals surface area contributed by atoms with E-state index in [0.717, 1.165) is 11.1 Å². The number of hydrogen-bond acceptors (Lipinski definition) is 6. The quantitative estimate of drug-likeness (QED) is 0.241. The van der Waals surface area contributed by atoms with E-state index >= 15 is 0 Å².